The van der Waals surface area contributed by atoms with Gasteiger partial charge in [0.05, 0.1) is 18.6 Å². The summed E-state index contributed by atoms with van der Waals surface area (Å²) in [5.41, 5.74) is -1.31. The van der Waals surface area contributed by atoms with Gasteiger partial charge in [-0.1, -0.05) is 12.1 Å². The minimum atomic E-state index is -1.66. The molecule has 0 bridgehead atoms. The lowest BCUT2D eigenvalue weighted by molar-refractivity contribution is -0.156. The second-order valence-corrected chi connectivity index (χ2v) is 6.76. The van der Waals surface area contributed by atoms with E-state index in [1.807, 2.05) is 0 Å². The van der Waals surface area contributed by atoms with Crippen molar-refractivity contribution in [3.63, 3.8) is 0 Å². The Balaban J connectivity index is 2.05. The van der Waals surface area contributed by atoms with E-state index in [-0.39, 0.29) is 20.0 Å². The maximum atomic E-state index is 13.6. The molecule has 0 fully saturated rings. The molecule has 8 heteroatoms. The van der Waals surface area contributed by atoms with E-state index in [2.05, 4.69) is 4.99 Å². The number of halogens is 1. The fourth-order valence-electron chi connectivity index (χ4n) is 3.75. The molecule has 0 aromatic heterocycles. The summed E-state index contributed by atoms with van der Waals surface area (Å²) in [6.45, 7) is 3.56. The van der Waals surface area contributed by atoms with Crippen molar-refractivity contribution in [1.82, 2.24) is 0 Å². The van der Waals surface area contributed by atoms with Crippen LogP contribution in [0.5, 0.6) is 11.5 Å². The summed E-state index contributed by atoms with van der Waals surface area (Å²) in [4.78, 5) is 30.8. The molecule has 0 radical (unpaired) electrons. The summed E-state index contributed by atoms with van der Waals surface area (Å²) in [5.74, 6) is -0.924. The number of carbonyl (C=O) groups excluding carboxylic acids is 2. The first kappa shape index (κ1) is 19.9. The normalized spacial score (nSPS) is 21.1. The Hall–Kier alpha value is -3.42. The predicted octanol–water partition coefficient (Wildman–Crippen LogP) is 1.40. The molecule has 2 aliphatic rings. The third-order valence-corrected chi connectivity index (χ3v) is 5.07. The first-order valence-electron chi connectivity index (χ1n) is 9.60. The number of fused-ring (bicyclic) bond motifs is 3. The SMILES string of the molecule is CCOC(=O)C1N=c2ccc3c(c2=CC1(C(=O)OCC)c1ccc(F)cc1)OCO3. The van der Waals surface area contributed by atoms with Gasteiger partial charge in [-0.05, 0) is 49.8 Å². The number of ether oxygens (including phenoxy) is 4. The molecule has 4 rings (SSSR count). The summed E-state index contributed by atoms with van der Waals surface area (Å²) in [5, 5.41) is 0.960. The molecule has 0 amide bonds. The van der Waals surface area contributed by atoms with Gasteiger partial charge in [-0.3, -0.25) is 9.79 Å². The van der Waals surface area contributed by atoms with E-state index in [0.717, 1.165) is 0 Å². The number of rotatable bonds is 5. The van der Waals surface area contributed by atoms with E-state index in [0.29, 0.717) is 27.6 Å². The van der Waals surface area contributed by atoms with Crippen LogP contribution in [0, 0.1) is 5.82 Å². The van der Waals surface area contributed by atoms with Gasteiger partial charge >= 0.3 is 11.9 Å². The fourth-order valence-corrected chi connectivity index (χ4v) is 3.75. The Morgan fingerprint density at radius 3 is 2.53 bits per heavy atom. The molecular weight excluding hydrogens is 393 g/mol. The van der Waals surface area contributed by atoms with Crippen LogP contribution < -0.4 is 20.0 Å². The lowest BCUT2D eigenvalue weighted by Gasteiger charge is -2.34. The van der Waals surface area contributed by atoms with Crippen LogP contribution >= 0.6 is 0 Å². The molecule has 7 nitrogen and oxygen atoms in total. The number of esters is 2. The van der Waals surface area contributed by atoms with Crippen molar-refractivity contribution in [1.29, 1.82) is 0 Å². The van der Waals surface area contributed by atoms with Crippen LogP contribution in [0.1, 0.15) is 19.4 Å². The highest BCUT2D eigenvalue weighted by molar-refractivity contribution is 5.99. The van der Waals surface area contributed by atoms with Crippen molar-refractivity contribution in [2.24, 2.45) is 4.99 Å². The van der Waals surface area contributed by atoms with E-state index in [9.17, 15) is 14.0 Å². The lowest BCUT2D eigenvalue weighted by atomic mass is 9.72. The van der Waals surface area contributed by atoms with E-state index >= 15 is 0 Å². The molecule has 2 aliphatic heterocycles. The highest BCUT2D eigenvalue weighted by Crippen LogP contribution is 2.37. The summed E-state index contributed by atoms with van der Waals surface area (Å²) in [6.07, 6.45) is 1.59. The maximum Gasteiger partial charge on any atom is 0.332 e. The zero-order chi connectivity index (χ0) is 21.3. The average molecular weight is 413 g/mol. The third-order valence-electron chi connectivity index (χ3n) is 5.07. The Kier molecular flexibility index (Phi) is 5.15. The van der Waals surface area contributed by atoms with E-state index in [1.54, 1.807) is 32.1 Å². The fraction of sp³-hybridized carbons (Fsp3) is 0.318. The largest absolute Gasteiger partial charge is 0.465 e. The molecule has 0 saturated heterocycles. The van der Waals surface area contributed by atoms with Crippen molar-refractivity contribution in [3.8, 4) is 11.5 Å². The van der Waals surface area contributed by atoms with Crippen LogP contribution in [0.3, 0.4) is 0 Å². The van der Waals surface area contributed by atoms with Crippen molar-refractivity contribution < 1.29 is 32.9 Å². The van der Waals surface area contributed by atoms with E-state index in [4.69, 9.17) is 18.9 Å². The number of nitrogens with zero attached hydrogens (tertiary/aromatic N) is 1. The van der Waals surface area contributed by atoms with Crippen LogP contribution in [-0.4, -0.2) is 38.0 Å². The van der Waals surface area contributed by atoms with Gasteiger partial charge in [0, 0.05) is 5.22 Å². The summed E-state index contributed by atoms with van der Waals surface area (Å²) >= 11 is 0. The van der Waals surface area contributed by atoms with Crippen molar-refractivity contribution >= 4 is 18.0 Å². The molecule has 30 heavy (non-hydrogen) atoms. The molecule has 2 aromatic carbocycles. The molecule has 2 unspecified atom stereocenters. The van der Waals surface area contributed by atoms with Gasteiger partial charge in [0.25, 0.3) is 0 Å². The van der Waals surface area contributed by atoms with Crippen LogP contribution in [0.4, 0.5) is 4.39 Å². The Bertz CT molecular complexity index is 1110. The number of carbonyl (C=O) groups is 2. The molecule has 0 N–H and O–H groups in total. The summed E-state index contributed by atoms with van der Waals surface area (Å²) in [7, 11) is 0. The second kappa shape index (κ2) is 7.78. The number of hydrogen-bond donors (Lipinski definition) is 0. The Labute approximate surface area is 171 Å². The smallest absolute Gasteiger partial charge is 0.332 e. The molecule has 156 valence electrons. The highest BCUT2D eigenvalue weighted by atomic mass is 19.1. The maximum absolute atomic E-state index is 13.6. The van der Waals surface area contributed by atoms with E-state index in [1.165, 1.54) is 24.3 Å². The van der Waals surface area contributed by atoms with Gasteiger partial charge in [-0.25, -0.2) is 9.18 Å². The molecule has 2 atom stereocenters. The topological polar surface area (TPSA) is 83.4 Å². The Morgan fingerprint density at radius 1 is 1.10 bits per heavy atom. The first-order valence-corrected chi connectivity index (χ1v) is 9.60. The van der Waals surface area contributed by atoms with Gasteiger partial charge in [0.15, 0.2) is 17.5 Å². The predicted molar refractivity (Wildman–Crippen MR) is 103 cm³/mol. The average Bonchev–Trinajstić information content (AvgIpc) is 3.23. The van der Waals surface area contributed by atoms with Gasteiger partial charge in [0.1, 0.15) is 11.2 Å². The molecule has 2 heterocycles. The zero-order valence-electron chi connectivity index (χ0n) is 16.5. The molecular formula is C22H20FNO6. The molecule has 2 aromatic rings. The minimum Gasteiger partial charge on any atom is -0.465 e. The standard InChI is InChI=1S/C22H20FNO6/c1-3-27-20(25)19-22(21(26)28-4-2,13-5-7-14(23)8-6-13)11-15-16(24-19)9-10-17-18(15)30-12-29-17/h5-11,19H,3-4,12H2,1-2H3. The second-order valence-electron chi connectivity index (χ2n) is 6.76. The number of hydrogen-bond acceptors (Lipinski definition) is 7. The van der Waals surface area contributed by atoms with Gasteiger partial charge < -0.3 is 18.9 Å². The Morgan fingerprint density at radius 2 is 1.83 bits per heavy atom. The van der Waals surface area contributed by atoms with Crippen LogP contribution in [0.2, 0.25) is 0 Å². The summed E-state index contributed by atoms with van der Waals surface area (Å²) in [6, 6.07) is 7.44. The van der Waals surface area contributed by atoms with Crippen LogP contribution in [0.25, 0.3) is 6.08 Å². The molecule has 0 spiro atoms. The van der Waals surface area contributed by atoms with Crippen LogP contribution in [-0.2, 0) is 24.5 Å². The van der Waals surface area contributed by atoms with Gasteiger partial charge in [0.2, 0.25) is 6.79 Å². The van der Waals surface area contributed by atoms with Crippen LogP contribution in [0.15, 0.2) is 41.4 Å². The summed E-state index contributed by atoms with van der Waals surface area (Å²) < 4.78 is 35.3. The van der Waals surface area contributed by atoms with Gasteiger partial charge in [-0.15, -0.1) is 0 Å². The zero-order valence-corrected chi connectivity index (χ0v) is 16.5. The minimum absolute atomic E-state index is 0.0316. The quantitative estimate of drug-likeness (QED) is 0.690. The van der Waals surface area contributed by atoms with Crippen molar-refractivity contribution in [3.05, 3.63) is 58.4 Å². The van der Waals surface area contributed by atoms with E-state index < -0.39 is 29.2 Å². The van der Waals surface area contributed by atoms with Crippen molar-refractivity contribution in [2.75, 3.05) is 20.0 Å². The monoisotopic (exact) mass is 413 g/mol. The number of benzene rings is 2. The van der Waals surface area contributed by atoms with Gasteiger partial charge in [-0.2, -0.15) is 0 Å². The highest BCUT2D eigenvalue weighted by Gasteiger charge is 2.53. The third kappa shape index (κ3) is 3.08. The molecule has 0 saturated carbocycles. The molecule has 0 aliphatic carbocycles. The van der Waals surface area contributed by atoms with Crippen molar-refractivity contribution in [2.45, 2.75) is 25.3 Å². The first-order chi connectivity index (χ1) is 14.5. The lowest BCUT2D eigenvalue weighted by Crippen LogP contribution is -2.55.